The number of fused-ring (bicyclic) bond motifs is 1. The fourth-order valence-corrected chi connectivity index (χ4v) is 2.82. The van der Waals surface area contributed by atoms with Crippen LogP contribution in [0.25, 0.3) is 10.8 Å². The van der Waals surface area contributed by atoms with Crippen LogP contribution in [-0.4, -0.2) is 0 Å². The second-order valence-corrected chi connectivity index (χ2v) is 4.89. The zero-order valence-electron chi connectivity index (χ0n) is 10.1. The predicted molar refractivity (Wildman–Crippen MR) is 74.3 cm³/mol. The molecule has 0 radical (unpaired) electrons. The van der Waals surface area contributed by atoms with Gasteiger partial charge >= 0.3 is 0 Å². The van der Waals surface area contributed by atoms with E-state index in [0.29, 0.717) is 5.92 Å². The topological polar surface area (TPSA) is 0 Å². The summed E-state index contributed by atoms with van der Waals surface area (Å²) in [7, 11) is 0. The maximum atomic E-state index is 2.41. The summed E-state index contributed by atoms with van der Waals surface area (Å²) in [6.07, 6.45) is 10.0. The van der Waals surface area contributed by atoms with Gasteiger partial charge < -0.3 is 0 Å². The Balaban J connectivity index is 2.09. The Hall–Kier alpha value is -1.56. The molecule has 2 aromatic carbocycles. The Morgan fingerprint density at radius 1 is 0.882 bits per heavy atom. The zero-order valence-corrected chi connectivity index (χ0v) is 10.1. The molecule has 1 atom stereocenters. The van der Waals surface area contributed by atoms with Gasteiger partial charge in [0.15, 0.2) is 0 Å². The molecule has 0 unspecified atom stereocenters. The third kappa shape index (κ3) is 2.12. The molecular formula is C17H18. The first-order chi connectivity index (χ1) is 8.45. The van der Waals surface area contributed by atoms with E-state index in [1.54, 1.807) is 0 Å². The van der Waals surface area contributed by atoms with E-state index in [2.05, 4.69) is 54.6 Å². The maximum Gasteiger partial charge on any atom is 0.00241 e. The maximum absolute atomic E-state index is 2.41. The Morgan fingerprint density at radius 2 is 1.76 bits per heavy atom. The Bertz CT molecular complexity index is 531. The second-order valence-electron chi connectivity index (χ2n) is 4.89. The first-order valence-electron chi connectivity index (χ1n) is 6.59. The minimum Gasteiger partial charge on any atom is -0.0879 e. The zero-order chi connectivity index (χ0) is 11.5. The molecule has 17 heavy (non-hydrogen) atoms. The second kappa shape index (κ2) is 4.75. The van der Waals surface area contributed by atoms with Crippen molar-refractivity contribution in [1.29, 1.82) is 0 Å². The van der Waals surface area contributed by atoms with Gasteiger partial charge in [0, 0.05) is 5.92 Å². The van der Waals surface area contributed by atoms with Crippen LogP contribution in [0.15, 0.2) is 54.6 Å². The van der Waals surface area contributed by atoms with Crippen LogP contribution in [0, 0.1) is 0 Å². The third-order valence-electron chi connectivity index (χ3n) is 3.73. The minimum atomic E-state index is 0.614. The summed E-state index contributed by atoms with van der Waals surface area (Å²) in [5.74, 6) is 0.614. The molecule has 0 nitrogen and oxygen atoms in total. The Labute approximate surface area is 103 Å². The molecule has 2 aromatic rings. The molecule has 0 saturated carbocycles. The molecule has 1 aliphatic rings. The smallest absolute Gasteiger partial charge is 0.00241 e. The quantitative estimate of drug-likeness (QED) is 0.592. The monoisotopic (exact) mass is 222 g/mol. The van der Waals surface area contributed by atoms with Gasteiger partial charge in [-0.2, -0.15) is 0 Å². The molecule has 0 heterocycles. The molecule has 0 heteroatoms. The average molecular weight is 222 g/mol. The van der Waals surface area contributed by atoms with Gasteiger partial charge in [0.2, 0.25) is 0 Å². The van der Waals surface area contributed by atoms with Crippen LogP contribution in [-0.2, 0) is 0 Å². The number of hydrogen-bond acceptors (Lipinski definition) is 0. The number of rotatable bonds is 1. The molecule has 0 amide bonds. The molecular weight excluding hydrogens is 204 g/mol. The van der Waals surface area contributed by atoms with Gasteiger partial charge in [0.1, 0.15) is 0 Å². The molecule has 0 N–H and O–H groups in total. The summed E-state index contributed by atoms with van der Waals surface area (Å²) in [4.78, 5) is 0. The first-order valence-corrected chi connectivity index (χ1v) is 6.59. The molecule has 0 aliphatic heterocycles. The highest BCUT2D eigenvalue weighted by molar-refractivity contribution is 5.86. The lowest BCUT2D eigenvalue weighted by Crippen LogP contribution is -1.95. The predicted octanol–water partition coefficient (Wildman–Crippen LogP) is 5.05. The largest absolute Gasteiger partial charge is 0.0879 e. The lowest BCUT2D eigenvalue weighted by atomic mass is 9.90. The van der Waals surface area contributed by atoms with Gasteiger partial charge in [0.25, 0.3) is 0 Å². The van der Waals surface area contributed by atoms with Gasteiger partial charge in [-0.15, -0.1) is 0 Å². The Morgan fingerprint density at radius 3 is 2.76 bits per heavy atom. The van der Waals surface area contributed by atoms with Gasteiger partial charge in [0.05, 0.1) is 0 Å². The summed E-state index contributed by atoms with van der Waals surface area (Å²) in [6.45, 7) is 0. The van der Waals surface area contributed by atoms with Gasteiger partial charge in [-0.05, 0) is 35.6 Å². The number of benzene rings is 2. The van der Waals surface area contributed by atoms with Crippen molar-refractivity contribution in [2.24, 2.45) is 0 Å². The fourth-order valence-electron chi connectivity index (χ4n) is 2.82. The molecule has 1 aliphatic carbocycles. The van der Waals surface area contributed by atoms with Gasteiger partial charge in [-0.1, -0.05) is 61.0 Å². The van der Waals surface area contributed by atoms with Gasteiger partial charge in [-0.3, -0.25) is 0 Å². The average Bonchev–Trinajstić information content (AvgIpc) is 2.67. The van der Waals surface area contributed by atoms with Crippen LogP contribution >= 0.6 is 0 Å². The van der Waals surface area contributed by atoms with E-state index in [1.165, 1.54) is 42.0 Å². The Kier molecular flexibility index (Phi) is 2.96. The molecule has 0 fully saturated rings. The van der Waals surface area contributed by atoms with Crippen molar-refractivity contribution in [3.8, 4) is 0 Å². The van der Waals surface area contributed by atoms with E-state index in [4.69, 9.17) is 0 Å². The highest BCUT2D eigenvalue weighted by Gasteiger charge is 2.12. The van der Waals surface area contributed by atoms with E-state index in [-0.39, 0.29) is 0 Å². The van der Waals surface area contributed by atoms with Gasteiger partial charge in [-0.25, -0.2) is 0 Å². The van der Waals surface area contributed by atoms with Crippen molar-refractivity contribution in [3.05, 3.63) is 60.2 Å². The van der Waals surface area contributed by atoms with Crippen LogP contribution in [0.3, 0.4) is 0 Å². The number of allylic oxidation sites excluding steroid dienone is 2. The molecule has 0 bridgehead atoms. The standard InChI is InChI=1S/C17H18/c1-2-4-9-14(8-3-1)17-13-7-11-15-10-5-6-12-16(15)17/h3,5-8,10-14H,1-2,4,9H2/t14-/m1/s1. The summed E-state index contributed by atoms with van der Waals surface area (Å²) >= 11 is 0. The highest BCUT2D eigenvalue weighted by atomic mass is 14.2. The summed E-state index contributed by atoms with van der Waals surface area (Å²) in [5, 5.41) is 2.79. The molecule has 86 valence electrons. The van der Waals surface area contributed by atoms with Crippen molar-refractivity contribution >= 4 is 10.8 Å². The highest BCUT2D eigenvalue weighted by Crippen LogP contribution is 2.32. The molecule has 0 saturated heterocycles. The summed E-state index contributed by atoms with van der Waals surface area (Å²) in [5.41, 5.74) is 1.50. The molecule has 3 rings (SSSR count). The first kappa shape index (κ1) is 10.6. The van der Waals surface area contributed by atoms with Crippen molar-refractivity contribution in [2.75, 3.05) is 0 Å². The summed E-state index contributed by atoms with van der Waals surface area (Å²) < 4.78 is 0. The summed E-state index contributed by atoms with van der Waals surface area (Å²) in [6, 6.07) is 15.4. The minimum absolute atomic E-state index is 0.614. The van der Waals surface area contributed by atoms with Crippen LogP contribution in [0.5, 0.6) is 0 Å². The van der Waals surface area contributed by atoms with E-state index in [9.17, 15) is 0 Å². The van der Waals surface area contributed by atoms with Crippen LogP contribution < -0.4 is 0 Å². The van der Waals surface area contributed by atoms with Crippen LogP contribution in [0.2, 0.25) is 0 Å². The van der Waals surface area contributed by atoms with Crippen molar-refractivity contribution in [3.63, 3.8) is 0 Å². The van der Waals surface area contributed by atoms with Crippen molar-refractivity contribution < 1.29 is 0 Å². The van der Waals surface area contributed by atoms with Crippen molar-refractivity contribution in [1.82, 2.24) is 0 Å². The van der Waals surface area contributed by atoms with E-state index in [0.717, 1.165) is 0 Å². The fraction of sp³-hybridized carbons (Fsp3) is 0.294. The lowest BCUT2D eigenvalue weighted by Gasteiger charge is -2.14. The van der Waals surface area contributed by atoms with Crippen LogP contribution in [0.1, 0.15) is 37.2 Å². The SMILES string of the molecule is C1=C[C@@H](c2cccc3ccccc23)CCCC1. The molecule has 0 spiro atoms. The normalized spacial score (nSPS) is 20.4. The lowest BCUT2D eigenvalue weighted by molar-refractivity contribution is 0.667. The van der Waals surface area contributed by atoms with Crippen molar-refractivity contribution in [2.45, 2.75) is 31.6 Å². The number of hydrogen-bond donors (Lipinski definition) is 0. The third-order valence-corrected chi connectivity index (χ3v) is 3.73. The van der Waals surface area contributed by atoms with E-state index >= 15 is 0 Å². The molecule has 0 aromatic heterocycles. The van der Waals surface area contributed by atoms with Crippen LogP contribution in [0.4, 0.5) is 0 Å². The van der Waals surface area contributed by atoms with E-state index < -0.39 is 0 Å². The van der Waals surface area contributed by atoms with E-state index in [1.807, 2.05) is 0 Å².